The predicted molar refractivity (Wildman–Crippen MR) is 133 cm³/mol. The molecule has 0 radical (unpaired) electrons. The van der Waals surface area contributed by atoms with E-state index in [2.05, 4.69) is 5.32 Å². The first-order valence-electron chi connectivity index (χ1n) is 11.5. The number of aromatic hydroxyl groups is 1. The number of aliphatic hydroxyl groups is 4. The van der Waals surface area contributed by atoms with Crippen LogP contribution in [0.15, 0.2) is 36.4 Å². The highest BCUT2D eigenvalue weighted by molar-refractivity contribution is 8.00. The molecule has 11 heteroatoms. The zero-order chi connectivity index (χ0) is 26.4. The van der Waals surface area contributed by atoms with Gasteiger partial charge in [-0.15, -0.1) is 11.8 Å². The van der Waals surface area contributed by atoms with Gasteiger partial charge in [0.1, 0.15) is 29.2 Å². The lowest BCUT2D eigenvalue weighted by molar-refractivity contribution is -0.121. The van der Waals surface area contributed by atoms with Gasteiger partial charge in [0, 0.05) is 18.1 Å². The zero-order valence-corrected chi connectivity index (χ0v) is 20.9. The van der Waals surface area contributed by atoms with Crippen LogP contribution in [0, 0.1) is 6.92 Å². The fourth-order valence-corrected chi connectivity index (χ4v) is 5.57. The summed E-state index contributed by atoms with van der Waals surface area (Å²) in [4.78, 5) is 26.0. The van der Waals surface area contributed by atoms with Crippen molar-refractivity contribution in [2.24, 2.45) is 0 Å². The van der Waals surface area contributed by atoms with Crippen molar-refractivity contribution in [1.29, 1.82) is 0 Å². The Hall–Kier alpha value is -2.83. The number of carbonyl (C=O) groups excluding carboxylic acids is 2. The minimum atomic E-state index is -1.50. The largest absolute Gasteiger partial charge is 0.508 e. The van der Waals surface area contributed by atoms with Crippen LogP contribution in [0.2, 0.25) is 0 Å². The molecule has 0 aliphatic carbocycles. The number of nitrogens with zero attached hydrogens (tertiary/aromatic N) is 1. The fraction of sp³-hybridized carbons (Fsp3) is 0.440. The van der Waals surface area contributed by atoms with Crippen LogP contribution in [0.5, 0.6) is 11.5 Å². The second-order valence-electron chi connectivity index (χ2n) is 9.59. The van der Waals surface area contributed by atoms with Crippen LogP contribution in [0.1, 0.15) is 30.5 Å². The molecule has 2 heterocycles. The average molecular weight is 519 g/mol. The summed E-state index contributed by atoms with van der Waals surface area (Å²) in [6.45, 7) is 4.66. The number of thioether (sulfide) groups is 1. The summed E-state index contributed by atoms with van der Waals surface area (Å²) in [5.74, 6) is -0.107. The van der Waals surface area contributed by atoms with Gasteiger partial charge in [-0.1, -0.05) is 12.1 Å². The van der Waals surface area contributed by atoms with E-state index in [1.54, 1.807) is 51.1 Å². The second kappa shape index (κ2) is 9.91. The number of phenolic OH excluding ortho intramolecular Hbond substituents is 1. The third kappa shape index (κ3) is 4.89. The van der Waals surface area contributed by atoms with Crippen molar-refractivity contribution < 1.29 is 39.9 Å². The fourth-order valence-electron chi connectivity index (χ4n) is 4.34. The molecule has 0 saturated carbocycles. The maximum absolute atomic E-state index is 12.6. The number of hydrogen-bond donors (Lipinski definition) is 6. The van der Waals surface area contributed by atoms with Crippen molar-refractivity contribution in [1.82, 2.24) is 5.32 Å². The Morgan fingerprint density at radius 1 is 1.06 bits per heavy atom. The van der Waals surface area contributed by atoms with Gasteiger partial charge in [0.25, 0.3) is 5.91 Å². The van der Waals surface area contributed by atoms with E-state index in [0.29, 0.717) is 17.7 Å². The predicted octanol–water partition coefficient (Wildman–Crippen LogP) is 1.02. The minimum Gasteiger partial charge on any atom is -0.508 e. The number of carbonyl (C=O) groups is 2. The maximum Gasteiger partial charge on any atom is 0.329 e. The molecule has 2 aliphatic rings. The Balaban J connectivity index is 1.57. The van der Waals surface area contributed by atoms with Crippen molar-refractivity contribution in [2.45, 2.75) is 61.7 Å². The summed E-state index contributed by atoms with van der Waals surface area (Å²) in [6.07, 6.45) is -3.86. The number of aliphatic hydroxyl groups excluding tert-OH is 4. The Morgan fingerprint density at radius 2 is 1.72 bits per heavy atom. The van der Waals surface area contributed by atoms with Gasteiger partial charge in [0.05, 0.1) is 23.6 Å². The summed E-state index contributed by atoms with van der Waals surface area (Å²) in [7, 11) is 0. The van der Waals surface area contributed by atoms with Gasteiger partial charge in [-0.25, -0.2) is 9.69 Å². The quantitative estimate of drug-likeness (QED) is 0.307. The lowest BCUT2D eigenvalue weighted by Crippen LogP contribution is -2.55. The molecule has 194 valence electrons. The Morgan fingerprint density at radius 3 is 2.31 bits per heavy atom. The molecule has 0 unspecified atom stereocenters. The van der Waals surface area contributed by atoms with E-state index >= 15 is 0 Å². The van der Waals surface area contributed by atoms with Crippen molar-refractivity contribution in [3.63, 3.8) is 0 Å². The van der Waals surface area contributed by atoms with Gasteiger partial charge in [-0.2, -0.15) is 0 Å². The van der Waals surface area contributed by atoms with Gasteiger partial charge >= 0.3 is 6.03 Å². The number of urea groups is 1. The first-order valence-corrected chi connectivity index (χ1v) is 12.4. The van der Waals surface area contributed by atoms with Crippen molar-refractivity contribution in [3.05, 3.63) is 53.1 Å². The lowest BCUT2D eigenvalue weighted by atomic mass is 9.98. The van der Waals surface area contributed by atoms with E-state index in [1.807, 2.05) is 0 Å². The lowest BCUT2D eigenvalue weighted by Gasteiger charge is -2.39. The number of anilines is 1. The van der Waals surface area contributed by atoms with Crippen LogP contribution in [-0.4, -0.2) is 78.6 Å². The number of rotatable bonds is 6. The summed E-state index contributed by atoms with van der Waals surface area (Å²) < 4.78 is 6.00. The average Bonchev–Trinajstić information content (AvgIpc) is 3.03. The van der Waals surface area contributed by atoms with Crippen LogP contribution in [0.25, 0.3) is 0 Å². The van der Waals surface area contributed by atoms with E-state index in [0.717, 1.165) is 27.8 Å². The Labute approximate surface area is 212 Å². The first kappa shape index (κ1) is 26.2. The molecule has 2 aromatic rings. The topological polar surface area (TPSA) is 160 Å². The van der Waals surface area contributed by atoms with E-state index in [1.165, 1.54) is 6.07 Å². The molecule has 2 aromatic carbocycles. The highest BCUT2D eigenvalue weighted by Crippen LogP contribution is 2.38. The SMILES string of the molecule is Cc1cc(O)cc(O[C@@H]2S[C@H](CO)[C@@H](O)[C@H](O)[C@H]2O)c1Cc1ccc(N2C(=O)NC(C)(C)C2=O)cc1. The number of hydrogen-bond acceptors (Lipinski definition) is 9. The number of nitrogens with one attached hydrogen (secondary N) is 1. The van der Waals surface area contributed by atoms with E-state index in [4.69, 9.17) is 4.74 Å². The number of aryl methyl sites for hydroxylation is 1. The van der Waals surface area contributed by atoms with Crippen molar-refractivity contribution >= 4 is 29.4 Å². The highest BCUT2D eigenvalue weighted by Gasteiger charge is 2.45. The molecule has 2 saturated heterocycles. The van der Waals surface area contributed by atoms with E-state index in [9.17, 15) is 35.1 Å². The molecule has 36 heavy (non-hydrogen) atoms. The van der Waals surface area contributed by atoms with Gasteiger partial charge in [-0.05, 0) is 50.1 Å². The molecule has 6 N–H and O–H groups in total. The van der Waals surface area contributed by atoms with Gasteiger partial charge in [-0.3, -0.25) is 4.79 Å². The number of amides is 3. The summed E-state index contributed by atoms with van der Waals surface area (Å²) in [6, 6.07) is 9.41. The molecule has 2 aliphatic heterocycles. The molecule has 4 rings (SSSR count). The molecule has 5 atom stereocenters. The number of phenols is 1. The molecule has 2 fully saturated rings. The van der Waals surface area contributed by atoms with Crippen molar-refractivity contribution in [2.75, 3.05) is 11.5 Å². The molecule has 10 nitrogen and oxygen atoms in total. The number of imide groups is 1. The van der Waals surface area contributed by atoms with E-state index in [-0.39, 0.29) is 17.4 Å². The van der Waals surface area contributed by atoms with E-state index < -0.39 is 47.2 Å². The first-order chi connectivity index (χ1) is 16.9. The third-order valence-electron chi connectivity index (χ3n) is 6.44. The standard InChI is InChI=1S/C25H30N2O8S/c1-12-8-15(29)10-17(35-22-21(32)20(31)19(30)18(11-28)36-22)16(12)9-13-4-6-14(7-5-13)27-23(33)25(2,3)26-24(27)34/h4-8,10,18-22,28-32H,9,11H2,1-3H3,(H,26,34)/t18-,19-,20+,21-,22-/m1/s1. The summed E-state index contributed by atoms with van der Waals surface area (Å²) >= 11 is 1.00. The number of benzene rings is 2. The Kier molecular flexibility index (Phi) is 7.22. The van der Waals surface area contributed by atoms with Crippen LogP contribution in [-0.2, 0) is 11.2 Å². The molecule has 0 spiro atoms. The zero-order valence-electron chi connectivity index (χ0n) is 20.1. The molecular weight excluding hydrogens is 488 g/mol. The molecule has 0 aromatic heterocycles. The number of ether oxygens (including phenoxy) is 1. The van der Waals surface area contributed by atoms with Crippen LogP contribution in [0.4, 0.5) is 10.5 Å². The molecule has 0 bridgehead atoms. The van der Waals surface area contributed by atoms with Gasteiger partial charge in [0.2, 0.25) is 0 Å². The second-order valence-corrected chi connectivity index (χ2v) is 10.9. The Bertz CT molecular complexity index is 1150. The van der Waals surface area contributed by atoms with Crippen LogP contribution >= 0.6 is 11.8 Å². The third-order valence-corrected chi connectivity index (χ3v) is 7.86. The monoisotopic (exact) mass is 518 g/mol. The van der Waals surface area contributed by atoms with Crippen molar-refractivity contribution in [3.8, 4) is 11.5 Å². The normalized spacial score (nSPS) is 27.8. The maximum atomic E-state index is 12.6. The molecule has 3 amide bonds. The van der Waals surface area contributed by atoms with Gasteiger partial charge in [0.15, 0.2) is 5.44 Å². The molecular formula is C25H30N2O8S. The minimum absolute atomic E-state index is 0.0441. The smallest absolute Gasteiger partial charge is 0.329 e. The van der Waals surface area contributed by atoms with Crippen LogP contribution < -0.4 is 15.0 Å². The summed E-state index contributed by atoms with van der Waals surface area (Å²) in [5.41, 5.74) is 0.737. The highest BCUT2D eigenvalue weighted by atomic mass is 32.2. The van der Waals surface area contributed by atoms with Crippen LogP contribution in [0.3, 0.4) is 0 Å². The summed E-state index contributed by atoms with van der Waals surface area (Å²) in [5, 5.41) is 52.3. The van der Waals surface area contributed by atoms with Gasteiger partial charge < -0.3 is 35.6 Å².